The number of fused-ring (bicyclic) bond motifs is 1. The molecular formula is C15H16N2O5S. The van der Waals surface area contributed by atoms with E-state index in [0.29, 0.717) is 17.2 Å². The van der Waals surface area contributed by atoms with Gasteiger partial charge in [0.1, 0.15) is 11.5 Å². The van der Waals surface area contributed by atoms with Crippen LogP contribution in [0.5, 0.6) is 5.75 Å². The van der Waals surface area contributed by atoms with Crippen LogP contribution in [-0.4, -0.2) is 31.8 Å². The number of carbonyl (C=O) groups excluding carboxylic acids is 1. The molecule has 1 atom stereocenters. The number of carbonyl (C=O) groups is 1. The molecule has 122 valence electrons. The van der Waals surface area contributed by atoms with Crippen LogP contribution in [0.25, 0.3) is 0 Å². The third-order valence-electron chi connectivity index (χ3n) is 3.55. The summed E-state index contributed by atoms with van der Waals surface area (Å²) >= 11 is 0. The maximum atomic E-state index is 12.6. The number of ether oxygens (including phenoxy) is 1. The van der Waals surface area contributed by atoms with Gasteiger partial charge in [0.25, 0.3) is 5.91 Å². The van der Waals surface area contributed by atoms with Crippen LogP contribution < -0.4 is 10.1 Å². The SMILES string of the molecule is C[C@@H]1Oc2ccc(S(=O)(=O)N(C)Cc3ccco3)cc2NC1=O. The molecule has 1 aromatic heterocycles. The van der Waals surface area contributed by atoms with Gasteiger partial charge < -0.3 is 14.5 Å². The van der Waals surface area contributed by atoms with E-state index in [1.165, 1.54) is 29.7 Å². The first-order valence-electron chi connectivity index (χ1n) is 6.98. The first kappa shape index (κ1) is 15.6. The van der Waals surface area contributed by atoms with Crippen LogP contribution in [0.1, 0.15) is 12.7 Å². The normalized spacial score (nSPS) is 17.5. The highest BCUT2D eigenvalue weighted by Gasteiger charge is 2.27. The number of hydrogen-bond acceptors (Lipinski definition) is 5. The number of hydrogen-bond donors (Lipinski definition) is 1. The number of amides is 1. The summed E-state index contributed by atoms with van der Waals surface area (Å²) in [5.74, 6) is 0.681. The van der Waals surface area contributed by atoms with E-state index in [9.17, 15) is 13.2 Å². The summed E-state index contributed by atoms with van der Waals surface area (Å²) in [6.45, 7) is 1.74. The van der Waals surface area contributed by atoms with Gasteiger partial charge in [0.2, 0.25) is 10.0 Å². The molecule has 0 unspecified atom stereocenters. The Morgan fingerprint density at radius 1 is 1.30 bits per heavy atom. The lowest BCUT2D eigenvalue weighted by atomic mass is 10.2. The Kier molecular flexibility index (Phi) is 3.87. The van der Waals surface area contributed by atoms with Crippen LogP contribution in [-0.2, 0) is 21.4 Å². The first-order chi connectivity index (χ1) is 10.9. The Balaban J connectivity index is 1.88. The van der Waals surface area contributed by atoms with Crippen molar-refractivity contribution in [1.82, 2.24) is 4.31 Å². The van der Waals surface area contributed by atoms with E-state index in [1.807, 2.05) is 0 Å². The zero-order valence-electron chi connectivity index (χ0n) is 12.6. The van der Waals surface area contributed by atoms with Gasteiger partial charge in [-0.2, -0.15) is 4.31 Å². The number of rotatable bonds is 4. The molecule has 1 aliphatic heterocycles. The summed E-state index contributed by atoms with van der Waals surface area (Å²) in [5.41, 5.74) is 0.348. The maximum absolute atomic E-state index is 12.6. The number of anilines is 1. The van der Waals surface area contributed by atoms with Gasteiger partial charge in [-0.15, -0.1) is 0 Å². The Hall–Kier alpha value is -2.32. The average molecular weight is 336 g/mol. The highest BCUT2D eigenvalue weighted by Crippen LogP contribution is 2.32. The molecule has 23 heavy (non-hydrogen) atoms. The fraction of sp³-hybridized carbons (Fsp3) is 0.267. The summed E-state index contributed by atoms with van der Waals surface area (Å²) in [5, 5.41) is 2.64. The largest absolute Gasteiger partial charge is 0.479 e. The summed E-state index contributed by atoms with van der Waals surface area (Å²) in [6, 6.07) is 7.79. The lowest BCUT2D eigenvalue weighted by molar-refractivity contribution is -0.122. The Bertz CT molecular complexity index is 830. The van der Waals surface area contributed by atoms with Crippen molar-refractivity contribution in [3.63, 3.8) is 0 Å². The maximum Gasteiger partial charge on any atom is 0.265 e. The molecule has 0 saturated carbocycles. The van der Waals surface area contributed by atoms with Gasteiger partial charge >= 0.3 is 0 Å². The standard InChI is InChI=1S/C15H16N2O5S/c1-10-15(18)16-13-8-12(5-6-14(13)22-10)23(19,20)17(2)9-11-4-3-7-21-11/h3-8,10H,9H2,1-2H3,(H,16,18)/t10-/m0/s1. The van der Waals surface area contributed by atoms with Gasteiger partial charge in [-0.1, -0.05) is 0 Å². The zero-order chi connectivity index (χ0) is 16.6. The number of benzene rings is 1. The lowest BCUT2D eigenvalue weighted by Crippen LogP contribution is -2.34. The molecule has 0 spiro atoms. The minimum atomic E-state index is -3.71. The molecule has 3 rings (SSSR count). The fourth-order valence-corrected chi connectivity index (χ4v) is 3.40. The van der Waals surface area contributed by atoms with E-state index < -0.39 is 16.1 Å². The number of nitrogens with zero attached hydrogens (tertiary/aromatic N) is 1. The van der Waals surface area contributed by atoms with E-state index in [2.05, 4.69) is 5.32 Å². The second kappa shape index (κ2) is 5.71. The van der Waals surface area contributed by atoms with Crippen molar-refractivity contribution in [2.24, 2.45) is 0 Å². The molecule has 0 radical (unpaired) electrons. The van der Waals surface area contributed by atoms with Gasteiger partial charge in [0.15, 0.2) is 6.10 Å². The third-order valence-corrected chi connectivity index (χ3v) is 5.35. The van der Waals surface area contributed by atoms with E-state index in [4.69, 9.17) is 9.15 Å². The quantitative estimate of drug-likeness (QED) is 0.920. The zero-order valence-corrected chi connectivity index (χ0v) is 13.5. The molecule has 2 heterocycles. The molecule has 1 aliphatic rings. The van der Waals surface area contributed by atoms with Gasteiger partial charge in [-0.05, 0) is 37.3 Å². The van der Waals surface area contributed by atoms with E-state index in [0.717, 1.165) is 0 Å². The van der Waals surface area contributed by atoms with Crippen molar-refractivity contribution >= 4 is 21.6 Å². The van der Waals surface area contributed by atoms with Crippen molar-refractivity contribution in [3.05, 3.63) is 42.4 Å². The van der Waals surface area contributed by atoms with Gasteiger partial charge in [0, 0.05) is 7.05 Å². The smallest absolute Gasteiger partial charge is 0.265 e. The van der Waals surface area contributed by atoms with Crippen LogP contribution in [0.4, 0.5) is 5.69 Å². The van der Waals surface area contributed by atoms with Crippen molar-refractivity contribution in [2.45, 2.75) is 24.5 Å². The van der Waals surface area contributed by atoms with Crippen molar-refractivity contribution in [2.75, 3.05) is 12.4 Å². The van der Waals surface area contributed by atoms with Crippen LogP contribution >= 0.6 is 0 Å². The molecule has 0 saturated heterocycles. The van der Waals surface area contributed by atoms with Crippen LogP contribution in [0.3, 0.4) is 0 Å². The Labute approximate surface area is 133 Å². The molecule has 1 amide bonds. The van der Waals surface area contributed by atoms with Gasteiger partial charge in [-0.25, -0.2) is 8.42 Å². The monoisotopic (exact) mass is 336 g/mol. The Morgan fingerprint density at radius 3 is 2.78 bits per heavy atom. The van der Waals surface area contributed by atoms with Gasteiger partial charge in [-0.3, -0.25) is 4.79 Å². The second-order valence-corrected chi connectivity index (χ2v) is 7.29. The summed E-state index contributed by atoms with van der Waals surface area (Å²) in [4.78, 5) is 11.7. The molecule has 1 N–H and O–H groups in total. The minimum Gasteiger partial charge on any atom is -0.479 e. The molecule has 8 heteroatoms. The van der Waals surface area contributed by atoms with Crippen LogP contribution in [0, 0.1) is 0 Å². The third kappa shape index (κ3) is 2.95. The number of nitrogens with one attached hydrogen (secondary N) is 1. The highest BCUT2D eigenvalue weighted by atomic mass is 32.2. The molecule has 0 bridgehead atoms. The average Bonchev–Trinajstić information content (AvgIpc) is 3.00. The van der Waals surface area contributed by atoms with Gasteiger partial charge in [0.05, 0.1) is 23.4 Å². The molecular weight excluding hydrogens is 320 g/mol. The summed E-state index contributed by atoms with van der Waals surface area (Å²) < 4.78 is 37.0. The predicted molar refractivity (Wildman–Crippen MR) is 82.5 cm³/mol. The topological polar surface area (TPSA) is 88.8 Å². The highest BCUT2D eigenvalue weighted by molar-refractivity contribution is 7.89. The molecule has 1 aromatic carbocycles. The molecule has 2 aromatic rings. The molecule has 0 aliphatic carbocycles. The van der Waals surface area contributed by atoms with Crippen molar-refractivity contribution in [1.29, 1.82) is 0 Å². The number of furan rings is 1. The second-order valence-electron chi connectivity index (χ2n) is 5.25. The molecule has 0 fully saturated rings. The van der Waals surface area contributed by atoms with Crippen molar-refractivity contribution < 1.29 is 22.4 Å². The first-order valence-corrected chi connectivity index (χ1v) is 8.42. The molecule has 7 nitrogen and oxygen atoms in total. The summed E-state index contributed by atoms with van der Waals surface area (Å²) in [6.07, 6.45) is 0.884. The Morgan fingerprint density at radius 2 is 2.09 bits per heavy atom. The fourth-order valence-electron chi connectivity index (χ4n) is 2.24. The lowest BCUT2D eigenvalue weighted by Gasteiger charge is -2.24. The number of sulfonamides is 1. The van der Waals surface area contributed by atoms with Crippen LogP contribution in [0.2, 0.25) is 0 Å². The predicted octanol–water partition coefficient (Wildman–Crippen LogP) is 1.82. The van der Waals surface area contributed by atoms with Crippen LogP contribution in [0.15, 0.2) is 45.9 Å². The summed E-state index contributed by atoms with van der Waals surface area (Å²) in [7, 11) is -2.25. The van der Waals surface area contributed by atoms with E-state index in [-0.39, 0.29) is 17.3 Å². The van der Waals surface area contributed by atoms with E-state index in [1.54, 1.807) is 25.1 Å². The minimum absolute atomic E-state index is 0.0729. The van der Waals surface area contributed by atoms with E-state index >= 15 is 0 Å². The van der Waals surface area contributed by atoms with Crippen molar-refractivity contribution in [3.8, 4) is 5.75 Å².